The summed E-state index contributed by atoms with van der Waals surface area (Å²) in [5.41, 5.74) is 3.21. The van der Waals surface area contributed by atoms with Crippen molar-refractivity contribution in [3.8, 4) is 0 Å². The van der Waals surface area contributed by atoms with Gasteiger partial charge in [0, 0.05) is 20.5 Å². The molecule has 1 aliphatic heterocycles. The highest BCUT2D eigenvalue weighted by atomic mass is 35.7. The molecule has 3 rings (SSSR count). The number of rotatable bonds is 1. The van der Waals surface area contributed by atoms with Gasteiger partial charge in [-0.3, -0.25) is 0 Å². The second kappa shape index (κ2) is 5.34. The predicted octanol–water partition coefficient (Wildman–Crippen LogP) is 4.73. The van der Waals surface area contributed by atoms with E-state index in [9.17, 15) is 8.42 Å². The molecule has 0 amide bonds. The van der Waals surface area contributed by atoms with E-state index >= 15 is 0 Å². The molecular formula is C16H15ClO2S2. The Morgan fingerprint density at radius 2 is 1.90 bits per heavy atom. The van der Waals surface area contributed by atoms with Crippen LogP contribution in [0.25, 0.3) is 0 Å². The molecule has 2 aromatic carbocycles. The minimum absolute atomic E-state index is 0.210. The number of hydrogen-bond donors (Lipinski definition) is 0. The summed E-state index contributed by atoms with van der Waals surface area (Å²) in [4.78, 5) is 2.38. The Morgan fingerprint density at radius 3 is 2.62 bits per heavy atom. The summed E-state index contributed by atoms with van der Waals surface area (Å²) in [5, 5.41) is 0. The van der Waals surface area contributed by atoms with Crippen LogP contribution in [-0.2, 0) is 15.5 Å². The molecule has 110 valence electrons. The molecule has 0 N–H and O–H groups in total. The topological polar surface area (TPSA) is 34.1 Å². The van der Waals surface area contributed by atoms with Crippen LogP contribution in [0, 0.1) is 6.92 Å². The Bertz CT molecular complexity index is 813. The largest absolute Gasteiger partial charge is 0.261 e. The first kappa shape index (κ1) is 14.9. The van der Waals surface area contributed by atoms with Gasteiger partial charge in [0.25, 0.3) is 9.05 Å². The molecule has 0 aromatic heterocycles. The van der Waals surface area contributed by atoms with Gasteiger partial charge in [-0.15, -0.1) is 0 Å². The summed E-state index contributed by atoms with van der Waals surface area (Å²) < 4.78 is 23.4. The SMILES string of the molecule is Cc1cc2c(cc1S(=O)(=O)Cl)Sc1ccccc1CC2C. The van der Waals surface area contributed by atoms with Gasteiger partial charge in [0.1, 0.15) is 0 Å². The normalized spacial score (nSPS) is 17.8. The highest BCUT2D eigenvalue weighted by Gasteiger charge is 2.23. The van der Waals surface area contributed by atoms with Crippen LogP contribution >= 0.6 is 22.4 Å². The summed E-state index contributed by atoms with van der Waals surface area (Å²) in [6, 6.07) is 12.0. The lowest BCUT2D eigenvalue weighted by atomic mass is 9.93. The highest BCUT2D eigenvalue weighted by molar-refractivity contribution is 8.13. The molecule has 1 heterocycles. The molecule has 1 atom stereocenters. The van der Waals surface area contributed by atoms with Crippen molar-refractivity contribution in [1.29, 1.82) is 0 Å². The van der Waals surface area contributed by atoms with Crippen LogP contribution < -0.4 is 0 Å². The van der Waals surface area contributed by atoms with Crippen molar-refractivity contribution in [3.05, 3.63) is 53.1 Å². The molecule has 5 heteroatoms. The maximum atomic E-state index is 11.7. The number of halogens is 1. The Labute approximate surface area is 133 Å². The Hall–Kier alpha value is -0.970. The Kier molecular flexibility index (Phi) is 3.80. The zero-order valence-corrected chi connectivity index (χ0v) is 14.1. The lowest BCUT2D eigenvalue weighted by molar-refractivity contribution is 0.608. The molecule has 0 aliphatic carbocycles. The smallest absolute Gasteiger partial charge is 0.207 e. The number of aryl methyl sites for hydroxylation is 1. The van der Waals surface area contributed by atoms with Gasteiger partial charge in [-0.25, -0.2) is 8.42 Å². The lowest BCUT2D eigenvalue weighted by Crippen LogP contribution is -2.02. The first-order chi connectivity index (χ1) is 9.86. The highest BCUT2D eigenvalue weighted by Crippen LogP contribution is 2.43. The molecule has 21 heavy (non-hydrogen) atoms. The van der Waals surface area contributed by atoms with E-state index < -0.39 is 9.05 Å². The average molecular weight is 339 g/mol. The Balaban J connectivity index is 2.21. The molecule has 1 unspecified atom stereocenters. The average Bonchev–Trinajstić information content (AvgIpc) is 2.53. The van der Waals surface area contributed by atoms with Crippen LogP contribution in [0.4, 0.5) is 0 Å². The summed E-state index contributed by atoms with van der Waals surface area (Å²) in [6.45, 7) is 3.97. The second-order valence-electron chi connectivity index (χ2n) is 5.41. The molecule has 0 bridgehead atoms. The fourth-order valence-corrected chi connectivity index (χ4v) is 5.25. The molecule has 0 saturated heterocycles. The number of benzene rings is 2. The third-order valence-corrected chi connectivity index (χ3v) is 6.48. The van der Waals surface area contributed by atoms with E-state index in [1.54, 1.807) is 24.8 Å². The van der Waals surface area contributed by atoms with Crippen LogP contribution in [0.5, 0.6) is 0 Å². The van der Waals surface area contributed by atoms with Crippen LogP contribution in [0.3, 0.4) is 0 Å². The van der Waals surface area contributed by atoms with Gasteiger partial charge in [-0.2, -0.15) is 0 Å². The molecule has 0 spiro atoms. The van der Waals surface area contributed by atoms with Crippen molar-refractivity contribution in [3.63, 3.8) is 0 Å². The molecular weight excluding hydrogens is 324 g/mol. The van der Waals surface area contributed by atoms with Crippen LogP contribution in [0.1, 0.15) is 29.5 Å². The summed E-state index contributed by atoms with van der Waals surface area (Å²) in [6.07, 6.45) is 0.961. The van der Waals surface area contributed by atoms with Gasteiger partial charge in [-0.1, -0.05) is 43.0 Å². The third-order valence-electron chi connectivity index (χ3n) is 3.82. The van der Waals surface area contributed by atoms with Crippen molar-refractivity contribution >= 4 is 31.5 Å². The fourth-order valence-electron chi connectivity index (χ4n) is 2.76. The number of fused-ring (bicyclic) bond motifs is 2. The van der Waals surface area contributed by atoms with Crippen molar-refractivity contribution in [2.24, 2.45) is 0 Å². The zero-order chi connectivity index (χ0) is 15.2. The molecule has 1 aliphatic rings. The maximum absolute atomic E-state index is 11.7. The standard InChI is InChI=1S/C16H15ClO2S2/c1-10-7-12-5-3-4-6-14(12)20-15-9-16(21(17,18)19)11(2)8-13(10)15/h3-6,8-10H,7H2,1-2H3. The summed E-state index contributed by atoms with van der Waals surface area (Å²) in [5.74, 6) is 0.349. The van der Waals surface area contributed by atoms with Gasteiger partial charge < -0.3 is 0 Å². The quantitative estimate of drug-likeness (QED) is 0.705. The second-order valence-corrected chi connectivity index (χ2v) is 9.03. The van der Waals surface area contributed by atoms with E-state index in [-0.39, 0.29) is 4.90 Å². The van der Waals surface area contributed by atoms with Crippen LogP contribution in [0.2, 0.25) is 0 Å². The molecule has 2 aromatic rings. The molecule has 0 fully saturated rings. The lowest BCUT2D eigenvalue weighted by Gasteiger charge is -2.14. The van der Waals surface area contributed by atoms with Crippen molar-refractivity contribution < 1.29 is 8.42 Å². The minimum atomic E-state index is -3.71. The predicted molar refractivity (Wildman–Crippen MR) is 86.9 cm³/mol. The maximum Gasteiger partial charge on any atom is 0.261 e. The van der Waals surface area contributed by atoms with E-state index in [1.165, 1.54) is 16.0 Å². The van der Waals surface area contributed by atoms with E-state index in [0.29, 0.717) is 11.5 Å². The van der Waals surface area contributed by atoms with E-state index in [2.05, 4.69) is 19.1 Å². The van der Waals surface area contributed by atoms with Gasteiger partial charge >= 0.3 is 0 Å². The van der Waals surface area contributed by atoms with Crippen molar-refractivity contribution in [1.82, 2.24) is 0 Å². The van der Waals surface area contributed by atoms with Gasteiger partial charge in [0.05, 0.1) is 4.90 Å². The van der Waals surface area contributed by atoms with E-state index in [4.69, 9.17) is 10.7 Å². The summed E-state index contributed by atoms with van der Waals surface area (Å²) in [7, 11) is 1.83. The van der Waals surface area contributed by atoms with Gasteiger partial charge in [-0.05, 0) is 48.1 Å². The first-order valence-electron chi connectivity index (χ1n) is 6.71. The zero-order valence-electron chi connectivity index (χ0n) is 11.8. The first-order valence-corrected chi connectivity index (χ1v) is 9.84. The van der Waals surface area contributed by atoms with E-state index in [1.807, 2.05) is 18.2 Å². The number of hydrogen-bond acceptors (Lipinski definition) is 3. The van der Waals surface area contributed by atoms with Gasteiger partial charge in [0.15, 0.2) is 0 Å². The van der Waals surface area contributed by atoms with Gasteiger partial charge in [0.2, 0.25) is 0 Å². The van der Waals surface area contributed by atoms with Crippen LogP contribution in [0.15, 0.2) is 51.1 Å². The third kappa shape index (κ3) is 2.85. The molecule has 2 nitrogen and oxygen atoms in total. The minimum Gasteiger partial charge on any atom is -0.207 e. The molecule has 0 saturated carbocycles. The van der Waals surface area contributed by atoms with Crippen molar-refractivity contribution in [2.75, 3.05) is 0 Å². The summed E-state index contributed by atoms with van der Waals surface area (Å²) >= 11 is 1.62. The van der Waals surface area contributed by atoms with Crippen LogP contribution in [-0.4, -0.2) is 8.42 Å². The fraction of sp³-hybridized carbons (Fsp3) is 0.250. The molecule has 0 radical (unpaired) electrons. The monoisotopic (exact) mass is 338 g/mol. The van der Waals surface area contributed by atoms with E-state index in [0.717, 1.165) is 11.3 Å². The Morgan fingerprint density at radius 1 is 1.19 bits per heavy atom. The van der Waals surface area contributed by atoms with Crippen molar-refractivity contribution in [2.45, 2.75) is 40.9 Å².